The number of benzene rings is 2. The first-order chi connectivity index (χ1) is 12.8. The molecule has 0 aliphatic carbocycles. The fraction of sp³-hybridized carbons (Fsp3) is 0.0556. The van der Waals surface area contributed by atoms with Crippen LogP contribution in [0.3, 0.4) is 0 Å². The van der Waals surface area contributed by atoms with Gasteiger partial charge >= 0.3 is 12.3 Å². The second kappa shape index (κ2) is 7.32. The number of rotatable bonds is 5. The Morgan fingerprint density at radius 2 is 1.56 bits per heavy atom. The molecule has 0 atom stereocenters. The Bertz CT molecular complexity index is 942. The van der Waals surface area contributed by atoms with Crippen LogP contribution in [0.2, 0.25) is 0 Å². The molecule has 0 fully saturated rings. The maximum atomic E-state index is 12.3. The molecular weight excluding hydrogens is 361 g/mol. The molecule has 3 aromatic rings. The Kier molecular flexibility index (Phi) is 4.93. The van der Waals surface area contributed by atoms with Crippen LogP contribution in [0.25, 0.3) is 11.3 Å². The molecule has 0 aliphatic heterocycles. The predicted molar refractivity (Wildman–Crippen MR) is 93.8 cm³/mol. The molecule has 2 aromatic carbocycles. The molecule has 1 heterocycles. The van der Waals surface area contributed by atoms with Crippen LogP contribution in [0.5, 0.6) is 0 Å². The fourth-order valence-electron chi connectivity index (χ4n) is 2.32. The van der Waals surface area contributed by atoms with E-state index in [9.17, 15) is 18.0 Å². The van der Waals surface area contributed by atoms with Gasteiger partial charge in [-0.25, -0.2) is 14.8 Å². The van der Waals surface area contributed by atoms with Crippen molar-refractivity contribution in [3.8, 4) is 11.3 Å². The van der Waals surface area contributed by atoms with Crippen molar-refractivity contribution < 1.29 is 23.1 Å². The first-order valence-corrected chi connectivity index (χ1v) is 7.68. The minimum absolute atomic E-state index is 0.0741. The van der Waals surface area contributed by atoms with E-state index in [4.69, 9.17) is 5.11 Å². The third-order valence-corrected chi connectivity index (χ3v) is 3.54. The lowest BCUT2D eigenvalue weighted by Crippen LogP contribution is -2.20. The quantitative estimate of drug-likeness (QED) is 0.570. The van der Waals surface area contributed by atoms with E-state index >= 15 is 0 Å². The summed E-state index contributed by atoms with van der Waals surface area (Å²) in [6, 6.07) is 13.4. The third-order valence-electron chi connectivity index (χ3n) is 3.54. The van der Waals surface area contributed by atoms with Gasteiger partial charge in [-0.05, 0) is 36.4 Å². The average Bonchev–Trinajstić information content (AvgIpc) is 2.62. The molecule has 0 radical (unpaired) electrons. The van der Waals surface area contributed by atoms with Crippen molar-refractivity contribution in [2.45, 2.75) is 6.30 Å². The summed E-state index contributed by atoms with van der Waals surface area (Å²) in [7, 11) is 0. The van der Waals surface area contributed by atoms with Gasteiger partial charge in [0.2, 0.25) is 0 Å². The summed E-state index contributed by atoms with van der Waals surface area (Å²) >= 11 is 0. The van der Waals surface area contributed by atoms with Gasteiger partial charge in [-0.15, -0.1) is 0 Å². The van der Waals surface area contributed by atoms with Gasteiger partial charge in [0.15, 0.2) is 0 Å². The molecule has 1 aromatic heterocycles. The molecule has 138 valence electrons. The molecule has 3 rings (SSSR count). The first kappa shape index (κ1) is 18.2. The number of aromatic carboxylic acids is 1. The lowest BCUT2D eigenvalue weighted by Gasteiger charge is -2.11. The van der Waals surface area contributed by atoms with Crippen LogP contribution in [0.4, 0.5) is 30.4 Å². The van der Waals surface area contributed by atoms with E-state index in [0.29, 0.717) is 22.8 Å². The van der Waals surface area contributed by atoms with E-state index in [1.165, 1.54) is 48.0 Å². The smallest absolute Gasteiger partial charge is 0.478 e. The number of halogens is 3. The van der Waals surface area contributed by atoms with Crippen molar-refractivity contribution >= 4 is 23.2 Å². The number of anilines is 3. The van der Waals surface area contributed by atoms with Gasteiger partial charge in [0.25, 0.3) is 0 Å². The SMILES string of the molecule is O=C(O)c1ccc(-c2cc(Nc3ccc(NC(F)(F)F)cc3)ncn2)cc1. The van der Waals surface area contributed by atoms with Crippen molar-refractivity contribution in [2.75, 3.05) is 10.6 Å². The number of nitrogens with one attached hydrogen (secondary N) is 2. The summed E-state index contributed by atoms with van der Waals surface area (Å²) in [5.41, 5.74) is 1.91. The van der Waals surface area contributed by atoms with Gasteiger partial charge in [0, 0.05) is 23.0 Å². The van der Waals surface area contributed by atoms with E-state index in [1.807, 2.05) is 0 Å². The Morgan fingerprint density at radius 1 is 0.926 bits per heavy atom. The van der Waals surface area contributed by atoms with Gasteiger partial charge in [-0.1, -0.05) is 12.1 Å². The summed E-state index contributed by atoms with van der Waals surface area (Å²) < 4.78 is 36.9. The second-order valence-corrected chi connectivity index (χ2v) is 5.50. The van der Waals surface area contributed by atoms with Gasteiger partial charge in [0.05, 0.1) is 11.3 Å². The highest BCUT2D eigenvalue weighted by molar-refractivity contribution is 5.88. The molecule has 0 saturated heterocycles. The second-order valence-electron chi connectivity index (χ2n) is 5.50. The molecule has 0 saturated carbocycles. The maximum absolute atomic E-state index is 12.3. The first-order valence-electron chi connectivity index (χ1n) is 7.68. The molecule has 3 N–H and O–H groups in total. The minimum atomic E-state index is -4.49. The average molecular weight is 374 g/mol. The summed E-state index contributed by atoms with van der Waals surface area (Å²) in [6.07, 6.45) is -3.16. The zero-order chi connectivity index (χ0) is 19.4. The molecule has 0 unspecified atom stereocenters. The summed E-state index contributed by atoms with van der Waals surface area (Å²) in [5.74, 6) is -0.575. The molecule has 0 spiro atoms. The lowest BCUT2D eigenvalue weighted by molar-refractivity contribution is -0.0999. The topological polar surface area (TPSA) is 87.1 Å². The van der Waals surface area contributed by atoms with E-state index < -0.39 is 12.3 Å². The standard InChI is InChI=1S/C18H13F3N4O2/c19-18(20,21)25-14-7-5-13(6-8-14)24-16-9-15(22-10-23-16)11-1-3-12(4-2-11)17(26)27/h1-10,25H,(H,26,27)(H,22,23,24). The molecular formula is C18H13F3N4O2. The monoisotopic (exact) mass is 374 g/mol. The highest BCUT2D eigenvalue weighted by Crippen LogP contribution is 2.24. The van der Waals surface area contributed by atoms with E-state index in [-0.39, 0.29) is 11.3 Å². The molecule has 27 heavy (non-hydrogen) atoms. The zero-order valence-electron chi connectivity index (χ0n) is 13.7. The highest BCUT2D eigenvalue weighted by Gasteiger charge is 2.26. The van der Waals surface area contributed by atoms with Crippen LogP contribution < -0.4 is 10.6 Å². The van der Waals surface area contributed by atoms with Crippen molar-refractivity contribution in [3.05, 3.63) is 66.5 Å². The predicted octanol–water partition coefficient (Wildman–Crippen LogP) is 4.52. The Labute approximate surface area is 151 Å². The third kappa shape index (κ3) is 4.94. The summed E-state index contributed by atoms with van der Waals surface area (Å²) in [6.45, 7) is 0. The summed E-state index contributed by atoms with van der Waals surface area (Å²) in [4.78, 5) is 19.1. The molecule has 0 bridgehead atoms. The number of hydrogen-bond donors (Lipinski definition) is 3. The zero-order valence-corrected chi connectivity index (χ0v) is 13.7. The molecule has 6 nitrogen and oxygen atoms in total. The van der Waals surface area contributed by atoms with Gasteiger partial charge in [-0.3, -0.25) is 5.32 Å². The number of carboxylic acid groups (broad SMARTS) is 1. The van der Waals surface area contributed by atoms with E-state index in [2.05, 4.69) is 15.3 Å². The van der Waals surface area contributed by atoms with Crippen LogP contribution >= 0.6 is 0 Å². The van der Waals surface area contributed by atoms with Crippen molar-refractivity contribution in [1.82, 2.24) is 9.97 Å². The van der Waals surface area contributed by atoms with Gasteiger partial charge in [-0.2, -0.15) is 13.2 Å². The lowest BCUT2D eigenvalue weighted by atomic mass is 10.1. The van der Waals surface area contributed by atoms with Crippen molar-refractivity contribution in [3.63, 3.8) is 0 Å². The molecule has 0 aliphatic rings. The number of aromatic nitrogens is 2. The number of hydrogen-bond acceptors (Lipinski definition) is 5. The van der Waals surface area contributed by atoms with Crippen LogP contribution in [0.15, 0.2) is 60.9 Å². The Hall–Kier alpha value is -3.62. The van der Waals surface area contributed by atoms with E-state index in [0.717, 1.165) is 0 Å². The van der Waals surface area contributed by atoms with Crippen molar-refractivity contribution in [1.29, 1.82) is 0 Å². The Balaban J connectivity index is 1.75. The normalized spacial score (nSPS) is 11.1. The van der Waals surface area contributed by atoms with Crippen LogP contribution in [0, 0.1) is 0 Å². The Morgan fingerprint density at radius 3 is 2.15 bits per heavy atom. The van der Waals surface area contributed by atoms with E-state index in [1.54, 1.807) is 18.2 Å². The van der Waals surface area contributed by atoms with Crippen LogP contribution in [-0.2, 0) is 0 Å². The largest absolute Gasteiger partial charge is 0.482 e. The highest BCUT2D eigenvalue weighted by atomic mass is 19.4. The summed E-state index contributed by atoms with van der Waals surface area (Å²) in [5, 5.41) is 13.3. The minimum Gasteiger partial charge on any atom is -0.478 e. The molecule has 9 heteroatoms. The van der Waals surface area contributed by atoms with Crippen LogP contribution in [-0.4, -0.2) is 27.3 Å². The number of alkyl halides is 3. The number of nitrogens with zero attached hydrogens (tertiary/aromatic N) is 2. The van der Waals surface area contributed by atoms with Gasteiger partial charge < -0.3 is 10.4 Å². The fourth-order valence-corrected chi connectivity index (χ4v) is 2.32. The number of carboxylic acids is 1. The van der Waals surface area contributed by atoms with Gasteiger partial charge in [0.1, 0.15) is 12.1 Å². The van der Waals surface area contributed by atoms with Crippen LogP contribution in [0.1, 0.15) is 10.4 Å². The van der Waals surface area contributed by atoms with Crippen molar-refractivity contribution in [2.24, 2.45) is 0 Å². The number of carbonyl (C=O) groups is 1. The maximum Gasteiger partial charge on any atom is 0.482 e. The molecule has 0 amide bonds.